The number of imidazole rings is 1. The highest BCUT2D eigenvalue weighted by Crippen LogP contribution is 2.23. The first-order chi connectivity index (χ1) is 15.0. The van der Waals surface area contributed by atoms with Crippen LogP contribution in [-0.2, 0) is 21.4 Å². The van der Waals surface area contributed by atoms with E-state index < -0.39 is 11.9 Å². The number of nitrogens with zero attached hydrogens (tertiary/aromatic N) is 2. The Kier molecular flexibility index (Phi) is 11.3. The third kappa shape index (κ3) is 6.54. The number of aliphatic hydroxyl groups excluding tert-OH is 1. The zero-order valence-corrected chi connectivity index (χ0v) is 19.0. The molecule has 0 radical (unpaired) electrons. The van der Waals surface area contributed by atoms with E-state index in [1.165, 1.54) is 9.13 Å². The fraction of sp³-hybridized carbons (Fsp3) is 0.522. The first-order valence-electron chi connectivity index (χ1n) is 10.7. The molecule has 1 saturated heterocycles. The summed E-state index contributed by atoms with van der Waals surface area (Å²) in [5.41, 5.74) is 1.71. The fourth-order valence-electron chi connectivity index (χ4n) is 3.10. The molecule has 0 saturated carbocycles. The monoisotopic (exact) mass is 431 g/mol. The van der Waals surface area contributed by atoms with Crippen LogP contribution in [0.25, 0.3) is 11.0 Å². The molecular formula is C23H33N3O5. The Morgan fingerprint density at radius 1 is 1.16 bits per heavy atom. The molecule has 1 unspecified atom stereocenters. The second-order valence-electron chi connectivity index (χ2n) is 6.31. The third-order valence-corrected chi connectivity index (χ3v) is 4.46. The van der Waals surface area contributed by atoms with E-state index in [1.807, 2.05) is 27.7 Å². The summed E-state index contributed by atoms with van der Waals surface area (Å²) < 4.78 is 8.18. The van der Waals surface area contributed by atoms with E-state index in [4.69, 9.17) is 9.84 Å². The van der Waals surface area contributed by atoms with Gasteiger partial charge in [0, 0.05) is 25.6 Å². The summed E-state index contributed by atoms with van der Waals surface area (Å²) in [7, 11) is 1.64. The molecule has 2 heterocycles. The number of piperidine rings is 1. The Morgan fingerprint density at radius 3 is 2.52 bits per heavy atom. The lowest BCUT2D eigenvalue weighted by atomic mass is 10.1. The molecule has 8 heteroatoms. The number of ether oxygens (including phenoxy) is 1. The standard InChI is InChI=1S/C19H21N3O5.2C2H6/c1-21-16-12-13(4-2-10-27-11-3-9-23)5-6-14(16)22(19(21)26)15-7-8-17(24)20-18(15)25;2*1-2/h5-6,12,15,23H,3,7-11H2,1H3,(H,20,24,25);2*1-2H3. The van der Waals surface area contributed by atoms with Crippen LogP contribution in [0.1, 0.15) is 58.6 Å². The number of fused-ring (bicyclic) bond motifs is 1. The van der Waals surface area contributed by atoms with E-state index >= 15 is 0 Å². The summed E-state index contributed by atoms with van der Waals surface area (Å²) >= 11 is 0. The molecule has 1 aliphatic rings. The predicted molar refractivity (Wildman–Crippen MR) is 121 cm³/mol. The molecular weight excluding hydrogens is 398 g/mol. The molecule has 0 bridgehead atoms. The van der Waals surface area contributed by atoms with Gasteiger partial charge in [-0.1, -0.05) is 39.5 Å². The number of carbonyl (C=O) groups is 2. The highest BCUT2D eigenvalue weighted by Gasteiger charge is 2.31. The molecule has 2 N–H and O–H groups in total. The van der Waals surface area contributed by atoms with Crippen LogP contribution in [0.15, 0.2) is 23.0 Å². The summed E-state index contributed by atoms with van der Waals surface area (Å²) in [6.45, 7) is 8.80. The number of amides is 2. The Morgan fingerprint density at radius 2 is 1.87 bits per heavy atom. The molecule has 1 aliphatic heterocycles. The summed E-state index contributed by atoms with van der Waals surface area (Å²) in [5, 5.41) is 11.0. The van der Waals surface area contributed by atoms with Crippen LogP contribution in [0.5, 0.6) is 0 Å². The van der Waals surface area contributed by atoms with E-state index in [2.05, 4.69) is 17.2 Å². The maximum Gasteiger partial charge on any atom is 0.329 e. The number of hydrogen-bond donors (Lipinski definition) is 2. The average Bonchev–Trinajstić information content (AvgIpc) is 3.03. The Hall–Kier alpha value is -2.89. The Balaban J connectivity index is 0.00000113. The largest absolute Gasteiger partial charge is 0.396 e. The number of aliphatic hydroxyl groups is 1. The zero-order chi connectivity index (χ0) is 23.4. The van der Waals surface area contributed by atoms with Gasteiger partial charge in [-0.25, -0.2) is 4.79 Å². The number of hydrogen-bond acceptors (Lipinski definition) is 5. The van der Waals surface area contributed by atoms with Crippen LogP contribution in [0, 0.1) is 11.8 Å². The zero-order valence-electron chi connectivity index (χ0n) is 19.0. The maximum absolute atomic E-state index is 12.7. The molecule has 1 atom stereocenters. The molecule has 170 valence electrons. The molecule has 1 fully saturated rings. The number of aromatic nitrogens is 2. The van der Waals surface area contributed by atoms with Crippen molar-refractivity contribution in [3.63, 3.8) is 0 Å². The molecule has 2 amide bonds. The molecule has 0 spiro atoms. The van der Waals surface area contributed by atoms with Crippen molar-refractivity contribution in [1.29, 1.82) is 0 Å². The molecule has 0 aliphatic carbocycles. The predicted octanol–water partition coefficient (Wildman–Crippen LogP) is 2.12. The van der Waals surface area contributed by atoms with Crippen LogP contribution in [-0.4, -0.2) is 45.9 Å². The lowest BCUT2D eigenvalue weighted by Gasteiger charge is -2.21. The van der Waals surface area contributed by atoms with Crippen molar-refractivity contribution in [3.8, 4) is 11.8 Å². The molecule has 31 heavy (non-hydrogen) atoms. The van der Waals surface area contributed by atoms with Gasteiger partial charge in [-0.05, 0) is 31.0 Å². The second-order valence-corrected chi connectivity index (χ2v) is 6.31. The number of carbonyl (C=O) groups excluding carboxylic acids is 2. The van der Waals surface area contributed by atoms with Gasteiger partial charge in [0.15, 0.2) is 0 Å². The number of imide groups is 1. The van der Waals surface area contributed by atoms with Gasteiger partial charge in [-0.2, -0.15) is 0 Å². The van der Waals surface area contributed by atoms with Gasteiger partial charge in [0.05, 0.1) is 17.6 Å². The Labute approximate surface area is 183 Å². The maximum atomic E-state index is 12.7. The summed E-state index contributed by atoms with van der Waals surface area (Å²) in [6, 6.07) is 4.64. The lowest BCUT2D eigenvalue weighted by molar-refractivity contribution is -0.135. The van der Waals surface area contributed by atoms with E-state index in [-0.39, 0.29) is 31.2 Å². The fourth-order valence-corrected chi connectivity index (χ4v) is 3.10. The number of aryl methyl sites for hydroxylation is 1. The smallest absolute Gasteiger partial charge is 0.329 e. The second kappa shape index (κ2) is 13.4. The normalized spacial score (nSPS) is 15.1. The van der Waals surface area contributed by atoms with Crippen molar-refractivity contribution in [2.75, 3.05) is 19.8 Å². The van der Waals surface area contributed by atoms with Crippen molar-refractivity contribution in [2.24, 2.45) is 7.05 Å². The number of rotatable bonds is 5. The van der Waals surface area contributed by atoms with Gasteiger partial charge in [-0.3, -0.25) is 24.0 Å². The van der Waals surface area contributed by atoms with Crippen molar-refractivity contribution >= 4 is 22.8 Å². The quantitative estimate of drug-likeness (QED) is 0.429. The summed E-state index contributed by atoms with van der Waals surface area (Å²) in [5.74, 6) is 5.10. The SMILES string of the molecule is CC.CC.Cn1c(=O)n(C2CCC(=O)NC2=O)c2ccc(C#CCOCCCO)cc21. The van der Waals surface area contributed by atoms with Crippen LogP contribution >= 0.6 is 0 Å². The molecule has 8 nitrogen and oxygen atoms in total. The highest BCUT2D eigenvalue weighted by molar-refractivity contribution is 6.00. The molecule has 3 rings (SSSR count). The van der Waals surface area contributed by atoms with Gasteiger partial charge < -0.3 is 9.84 Å². The van der Waals surface area contributed by atoms with Gasteiger partial charge >= 0.3 is 5.69 Å². The van der Waals surface area contributed by atoms with Crippen molar-refractivity contribution in [1.82, 2.24) is 14.5 Å². The lowest BCUT2D eigenvalue weighted by Crippen LogP contribution is -2.44. The van der Waals surface area contributed by atoms with Gasteiger partial charge in [0.1, 0.15) is 12.6 Å². The summed E-state index contributed by atoms with van der Waals surface area (Å²) in [4.78, 5) is 36.2. The van der Waals surface area contributed by atoms with Crippen molar-refractivity contribution < 1.29 is 19.4 Å². The third-order valence-electron chi connectivity index (χ3n) is 4.46. The van der Waals surface area contributed by atoms with Crippen molar-refractivity contribution in [3.05, 3.63) is 34.2 Å². The van der Waals surface area contributed by atoms with Crippen LogP contribution in [0.4, 0.5) is 0 Å². The molecule has 1 aromatic carbocycles. The van der Waals surface area contributed by atoms with Crippen LogP contribution in [0.2, 0.25) is 0 Å². The van der Waals surface area contributed by atoms with Crippen molar-refractivity contribution in [2.45, 2.75) is 53.0 Å². The topological polar surface area (TPSA) is 103 Å². The summed E-state index contributed by atoms with van der Waals surface area (Å²) in [6.07, 6.45) is 1.08. The average molecular weight is 432 g/mol. The van der Waals surface area contributed by atoms with Gasteiger partial charge in [0.2, 0.25) is 11.8 Å². The van der Waals surface area contributed by atoms with Crippen LogP contribution in [0.3, 0.4) is 0 Å². The van der Waals surface area contributed by atoms with E-state index in [1.54, 1.807) is 25.2 Å². The Bertz CT molecular complexity index is 994. The molecule has 1 aromatic heterocycles. The van der Waals surface area contributed by atoms with Gasteiger partial charge in [0.25, 0.3) is 0 Å². The number of benzene rings is 1. The first kappa shape index (κ1) is 26.1. The highest BCUT2D eigenvalue weighted by atomic mass is 16.5. The van der Waals surface area contributed by atoms with Crippen LogP contribution < -0.4 is 11.0 Å². The molecule has 2 aromatic rings. The minimum absolute atomic E-state index is 0.0856. The first-order valence-corrected chi connectivity index (χ1v) is 10.7. The number of nitrogens with one attached hydrogen (secondary N) is 1. The minimum Gasteiger partial charge on any atom is -0.396 e. The van der Waals surface area contributed by atoms with E-state index in [0.29, 0.717) is 30.5 Å². The van der Waals surface area contributed by atoms with Gasteiger partial charge in [-0.15, -0.1) is 0 Å². The van der Waals surface area contributed by atoms with E-state index in [0.717, 1.165) is 5.56 Å². The minimum atomic E-state index is -0.698. The van der Waals surface area contributed by atoms with E-state index in [9.17, 15) is 14.4 Å².